The Bertz CT molecular complexity index is 1430. The standard InChI is InChI=1S/C21H19BClF2N5O2S/c22-15-12-27-30-20(11-19(29-21(15)30)14-4-1-2-5-16(14)23)26-8-3-9-28-33(31,32)13-6-7-17(24)18(25)10-13/h1-2,4-7,10-12,26,28H,3,8-9,22H2. The topological polar surface area (TPSA) is 88.4 Å². The summed E-state index contributed by atoms with van der Waals surface area (Å²) in [5, 5.41) is 8.17. The summed E-state index contributed by atoms with van der Waals surface area (Å²) < 4.78 is 55.0. The number of anilines is 1. The lowest BCUT2D eigenvalue weighted by atomic mass is 10.0. The third-order valence-corrected chi connectivity index (χ3v) is 6.74. The van der Waals surface area contributed by atoms with Gasteiger partial charge in [-0.15, -0.1) is 0 Å². The van der Waals surface area contributed by atoms with Crippen molar-refractivity contribution in [3.8, 4) is 11.3 Å². The number of sulfonamides is 1. The van der Waals surface area contributed by atoms with Gasteiger partial charge in [-0.25, -0.2) is 26.9 Å². The summed E-state index contributed by atoms with van der Waals surface area (Å²) >= 11 is 6.34. The van der Waals surface area contributed by atoms with Crippen LogP contribution in [0.3, 0.4) is 0 Å². The maximum atomic E-state index is 13.4. The van der Waals surface area contributed by atoms with Gasteiger partial charge in [0.15, 0.2) is 17.3 Å². The van der Waals surface area contributed by atoms with Crippen LogP contribution in [0.15, 0.2) is 59.6 Å². The highest BCUT2D eigenvalue weighted by atomic mass is 35.5. The molecule has 2 heterocycles. The Kier molecular flexibility index (Phi) is 6.64. The maximum absolute atomic E-state index is 13.4. The van der Waals surface area contributed by atoms with Gasteiger partial charge >= 0.3 is 0 Å². The van der Waals surface area contributed by atoms with Crippen molar-refractivity contribution in [2.24, 2.45) is 0 Å². The van der Waals surface area contributed by atoms with E-state index >= 15 is 0 Å². The number of nitrogens with zero attached hydrogens (tertiary/aromatic N) is 3. The van der Waals surface area contributed by atoms with Gasteiger partial charge in [-0.1, -0.05) is 29.8 Å². The number of aromatic nitrogens is 3. The molecule has 0 amide bonds. The van der Waals surface area contributed by atoms with Crippen molar-refractivity contribution in [3.63, 3.8) is 0 Å². The first kappa shape index (κ1) is 23.2. The molecular formula is C21H19BClF2N5O2S. The van der Waals surface area contributed by atoms with E-state index in [1.165, 1.54) is 0 Å². The van der Waals surface area contributed by atoms with Gasteiger partial charge in [0.25, 0.3) is 0 Å². The number of benzene rings is 2. The Hall–Kier alpha value is -3.02. The van der Waals surface area contributed by atoms with Crippen LogP contribution < -0.4 is 15.5 Å². The fourth-order valence-corrected chi connectivity index (χ4v) is 4.56. The average molecular weight is 490 g/mol. The van der Waals surface area contributed by atoms with E-state index in [9.17, 15) is 17.2 Å². The molecule has 0 fully saturated rings. The van der Waals surface area contributed by atoms with Crippen LogP contribution in [0.4, 0.5) is 14.6 Å². The summed E-state index contributed by atoms with van der Waals surface area (Å²) in [6.07, 6.45) is 2.13. The Balaban J connectivity index is 1.45. The zero-order valence-corrected chi connectivity index (χ0v) is 19.1. The first-order valence-electron chi connectivity index (χ1n) is 10.0. The molecule has 0 aliphatic heterocycles. The highest BCUT2D eigenvalue weighted by molar-refractivity contribution is 7.89. The molecule has 4 rings (SSSR count). The lowest BCUT2D eigenvalue weighted by molar-refractivity contribution is 0.504. The summed E-state index contributed by atoms with van der Waals surface area (Å²) in [6.45, 7) is 0.512. The Morgan fingerprint density at radius 1 is 1.06 bits per heavy atom. The molecule has 4 aromatic rings. The zero-order chi connectivity index (χ0) is 23.6. The predicted molar refractivity (Wildman–Crippen MR) is 126 cm³/mol. The van der Waals surface area contributed by atoms with Crippen LogP contribution in [0.5, 0.6) is 0 Å². The van der Waals surface area contributed by atoms with Crippen LogP contribution in [0.25, 0.3) is 16.9 Å². The zero-order valence-electron chi connectivity index (χ0n) is 17.5. The number of hydrogen-bond donors (Lipinski definition) is 2. The first-order chi connectivity index (χ1) is 15.8. The minimum absolute atomic E-state index is 0.0953. The van der Waals surface area contributed by atoms with Crippen molar-refractivity contribution in [2.75, 3.05) is 18.4 Å². The lowest BCUT2D eigenvalue weighted by Crippen LogP contribution is -2.26. The molecule has 0 saturated heterocycles. The largest absolute Gasteiger partial charge is 0.370 e. The van der Waals surface area contributed by atoms with Crippen LogP contribution >= 0.6 is 11.6 Å². The first-order valence-corrected chi connectivity index (χ1v) is 11.9. The Labute approximate surface area is 195 Å². The van der Waals surface area contributed by atoms with E-state index in [4.69, 9.17) is 11.6 Å². The molecule has 2 N–H and O–H groups in total. The lowest BCUT2D eigenvalue weighted by Gasteiger charge is -2.12. The molecule has 0 unspecified atom stereocenters. The fraction of sp³-hybridized carbons (Fsp3) is 0.143. The third-order valence-electron chi connectivity index (χ3n) is 4.95. The van der Waals surface area contributed by atoms with Gasteiger partial charge in [0, 0.05) is 35.9 Å². The van der Waals surface area contributed by atoms with Crippen LogP contribution in [0.2, 0.25) is 5.02 Å². The van der Waals surface area contributed by atoms with Gasteiger partial charge in [0.2, 0.25) is 10.0 Å². The van der Waals surface area contributed by atoms with E-state index in [1.807, 2.05) is 32.1 Å². The van der Waals surface area contributed by atoms with Gasteiger partial charge in [-0.3, -0.25) is 0 Å². The summed E-state index contributed by atoms with van der Waals surface area (Å²) in [5.41, 5.74) is 3.03. The van der Waals surface area contributed by atoms with E-state index in [1.54, 1.807) is 16.8 Å². The summed E-state index contributed by atoms with van der Waals surface area (Å²) in [5.74, 6) is -1.65. The van der Waals surface area contributed by atoms with Gasteiger partial charge < -0.3 is 5.32 Å². The van der Waals surface area contributed by atoms with Crippen molar-refractivity contribution in [1.82, 2.24) is 19.3 Å². The SMILES string of the molecule is Bc1cnn2c(NCCCNS(=O)(=O)c3ccc(F)c(F)c3)cc(-c3ccccc3Cl)nc12. The Morgan fingerprint density at radius 2 is 1.85 bits per heavy atom. The van der Waals surface area contributed by atoms with Crippen molar-refractivity contribution in [3.05, 3.63) is 71.4 Å². The van der Waals surface area contributed by atoms with E-state index in [0.717, 1.165) is 23.2 Å². The van der Waals surface area contributed by atoms with Crippen molar-refractivity contribution >= 4 is 46.4 Å². The predicted octanol–water partition coefficient (Wildman–Crippen LogP) is 2.37. The number of fused-ring (bicyclic) bond motifs is 1. The maximum Gasteiger partial charge on any atom is 0.240 e. The molecule has 0 atom stereocenters. The monoisotopic (exact) mass is 489 g/mol. The number of hydrogen-bond acceptors (Lipinski definition) is 5. The normalized spacial score (nSPS) is 11.7. The molecule has 0 bridgehead atoms. The molecule has 0 aliphatic rings. The van der Waals surface area contributed by atoms with Crippen molar-refractivity contribution in [1.29, 1.82) is 0 Å². The second kappa shape index (κ2) is 9.46. The fourth-order valence-electron chi connectivity index (χ4n) is 3.24. The number of rotatable bonds is 8. The number of halogens is 3. The minimum atomic E-state index is -3.95. The second-order valence-corrected chi connectivity index (χ2v) is 9.50. The molecule has 2 aromatic carbocycles. The molecule has 33 heavy (non-hydrogen) atoms. The minimum Gasteiger partial charge on any atom is -0.370 e. The smallest absolute Gasteiger partial charge is 0.240 e. The van der Waals surface area contributed by atoms with Gasteiger partial charge in [-0.05, 0) is 36.1 Å². The Morgan fingerprint density at radius 3 is 2.61 bits per heavy atom. The summed E-state index contributed by atoms with van der Waals surface area (Å²) in [4.78, 5) is 4.35. The third kappa shape index (κ3) is 5.00. The van der Waals surface area contributed by atoms with E-state index < -0.39 is 21.7 Å². The molecular weight excluding hydrogens is 471 g/mol. The molecule has 170 valence electrons. The molecule has 0 radical (unpaired) electrons. The highest BCUT2D eigenvalue weighted by Crippen LogP contribution is 2.28. The molecule has 2 aromatic heterocycles. The molecule has 12 heteroatoms. The quantitative estimate of drug-likeness (QED) is 0.293. The van der Waals surface area contributed by atoms with Crippen molar-refractivity contribution < 1.29 is 17.2 Å². The summed E-state index contributed by atoms with van der Waals surface area (Å²) in [7, 11) is -2.04. The van der Waals surface area contributed by atoms with Crippen LogP contribution in [-0.2, 0) is 10.0 Å². The molecule has 0 spiro atoms. The van der Waals surface area contributed by atoms with E-state index in [0.29, 0.717) is 41.2 Å². The summed E-state index contributed by atoms with van der Waals surface area (Å²) in [6, 6.07) is 11.7. The van der Waals surface area contributed by atoms with E-state index in [-0.39, 0.29) is 11.4 Å². The van der Waals surface area contributed by atoms with Crippen LogP contribution in [0, 0.1) is 11.6 Å². The van der Waals surface area contributed by atoms with Crippen molar-refractivity contribution in [2.45, 2.75) is 11.3 Å². The van der Waals surface area contributed by atoms with Gasteiger partial charge in [-0.2, -0.15) is 9.61 Å². The molecule has 0 aliphatic carbocycles. The highest BCUT2D eigenvalue weighted by Gasteiger charge is 2.16. The average Bonchev–Trinajstić information content (AvgIpc) is 3.16. The van der Waals surface area contributed by atoms with Gasteiger partial charge in [0.1, 0.15) is 13.7 Å². The molecule has 7 nitrogen and oxygen atoms in total. The van der Waals surface area contributed by atoms with Gasteiger partial charge in [0.05, 0.1) is 10.6 Å². The second-order valence-electron chi connectivity index (χ2n) is 7.32. The van der Waals surface area contributed by atoms with Crippen LogP contribution in [-0.4, -0.2) is 44.0 Å². The van der Waals surface area contributed by atoms with E-state index in [2.05, 4.69) is 20.1 Å². The van der Waals surface area contributed by atoms with Crippen LogP contribution in [0.1, 0.15) is 6.42 Å². The molecule has 0 saturated carbocycles. The number of nitrogens with one attached hydrogen (secondary N) is 2.